The van der Waals surface area contributed by atoms with Crippen molar-refractivity contribution in [2.75, 3.05) is 13.1 Å². The van der Waals surface area contributed by atoms with Crippen LogP contribution >= 0.6 is 0 Å². The Kier molecular flexibility index (Phi) is 4.56. The standard InChI is InChI=1S/C19H23NO/c1-2-11-20-14-16-13-19(16)15-7-6-10-18(12-15)21-17-8-4-3-5-9-17/h3-10,12,16,19-20H,2,11,13-14H2,1H3. The quantitative estimate of drug-likeness (QED) is 0.750. The predicted molar refractivity (Wildman–Crippen MR) is 87.0 cm³/mol. The normalized spacial score (nSPS) is 20.2. The van der Waals surface area contributed by atoms with E-state index in [1.807, 2.05) is 36.4 Å². The zero-order valence-corrected chi connectivity index (χ0v) is 12.6. The topological polar surface area (TPSA) is 21.3 Å². The minimum atomic E-state index is 0.702. The summed E-state index contributed by atoms with van der Waals surface area (Å²) in [5.41, 5.74) is 1.41. The summed E-state index contributed by atoms with van der Waals surface area (Å²) >= 11 is 0. The monoisotopic (exact) mass is 281 g/mol. The highest BCUT2D eigenvalue weighted by atomic mass is 16.5. The molecule has 1 aliphatic carbocycles. The van der Waals surface area contributed by atoms with E-state index in [1.54, 1.807) is 0 Å². The number of para-hydroxylation sites is 1. The SMILES string of the molecule is CCCNCC1CC1c1cccc(Oc2ccccc2)c1. The molecule has 2 aromatic carbocycles. The van der Waals surface area contributed by atoms with Gasteiger partial charge in [0.2, 0.25) is 0 Å². The van der Waals surface area contributed by atoms with Gasteiger partial charge in [-0.1, -0.05) is 37.3 Å². The lowest BCUT2D eigenvalue weighted by Gasteiger charge is -2.08. The van der Waals surface area contributed by atoms with E-state index in [2.05, 4.69) is 30.4 Å². The molecule has 0 bridgehead atoms. The van der Waals surface area contributed by atoms with Crippen LogP contribution < -0.4 is 10.1 Å². The second-order valence-corrected chi connectivity index (χ2v) is 5.79. The van der Waals surface area contributed by atoms with Crippen molar-refractivity contribution in [3.63, 3.8) is 0 Å². The summed E-state index contributed by atoms with van der Waals surface area (Å²) in [5.74, 6) is 3.33. The summed E-state index contributed by atoms with van der Waals surface area (Å²) < 4.78 is 5.92. The maximum absolute atomic E-state index is 5.92. The van der Waals surface area contributed by atoms with E-state index >= 15 is 0 Å². The average Bonchev–Trinajstić information content (AvgIpc) is 3.29. The Balaban J connectivity index is 1.60. The summed E-state index contributed by atoms with van der Waals surface area (Å²) in [6, 6.07) is 18.5. The highest BCUT2D eigenvalue weighted by Crippen LogP contribution is 2.47. The van der Waals surface area contributed by atoms with E-state index in [4.69, 9.17) is 4.74 Å². The lowest BCUT2D eigenvalue weighted by molar-refractivity contribution is 0.482. The van der Waals surface area contributed by atoms with E-state index in [1.165, 1.54) is 18.4 Å². The zero-order chi connectivity index (χ0) is 14.5. The summed E-state index contributed by atoms with van der Waals surface area (Å²) in [4.78, 5) is 0. The minimum Gasteiger partial charge on any atom is -0.457 e. The number of ether oxygens (including phenoxy) is 1. The number of hydrogen-bond acceptors (Lipinski definition) is 2. The molecule has 21 heavy (non-hydrogen) atoms. The Morgan fingerprint density at radius 1 is 1.05 bits per heavy atom. The van der Waals surface area contributed by atoms with Crippen LogP contribution in [0.3, 0.4) is 0 Å². The molecule has 1 aliphatic rings. The van der Waals surface area contributed by atoms with Crippen molar-refractivity contribution in [3.05, 3.63) is 60.2 Å². The van der Waals surface area contributed by atoms with Crippen molar-refractivity contribution in [2.24, 2.45) is 5.92 Å². The highest BCUT2D eigenvalue weighted by molar-refractivity contribution is 5.37. The van der Waals surface area contributed by atoms with E-state index in [-0.39, 0.29) is 0 Å². The van der Waals surface area contributed by atoms with Crippen LogP contribution in [0, 0.1) is 5.92 Å². The fourth-order valence-corrected chi connectivity index (χ4v) is 2.78. The number of rotatable bonds is 7. The Bertz CT molecular complexity index is 567. The molecule has 0 radical (unpaired) electrons. The van der Waals surface area contributed by atoms with Gasteiger partial charge in [0, 0.05) is 0 Å². The molecule has 2 heteroatoms. The largest absolute Gasteiger partial charge is 0.457 e. The van der Waals surface area contributed by atoms with Gasteiger partial charge in [0.25, 0.3) is 0 Å². The molecule has 0 amide bonds. The van der Waals surface area contributed by atoms with Gasteiger partial charge in [-0.05, 0) is 67.6 Å². The van der Waals surface area contributed by atoms with Gasteiger partial charge in [-0.2, -0.15) is 0 Å². The van der Waals surface area contributed by atoms with E-state index < -0.39 is 0 Å². The van der Waals surface area contributed by atoms with Crippen molar-refractivity contribution in [2.45, 2.75) is 25.7 Å². The number of hydrogen-bond donors (Lipinski definition) is 1. The molecule has 2 nitrogen and oxygen atoms in total. The molecule has 0 spiro atoms. The van der Waals surface area contributed by atoms with E-state index in [0.717, 1.165) is 30.5 Å². The summed E-state index contributed by atoms with van der Waals surface area (Å²) in [6.45, 7) is 4.48. The second-order valence-electron chi connectivity index (χ2n) is 5.79. The van der Waals surface area contributed by atoms with Crippen molar-refractivity contribution in [3.8, 4) is 11.5 Å². The summed E-state index contributed by atoms with van der Waals surface area (Å²) in [7, 11) is 0. The summed E-state index contributed by atoms with van der Waals surface area (Å²) in [6.07, 6.45) is 2.50. The average molecular weight is 281 g/mol. The van der Waals surface area contributed by atoms with Gasteiger partial charge in [0.15, 0.2) is 0 Å². The van der Waals surface area contributed by atoms with Crippen LogP contribution in [0.2, 0.25) is 0 Å². The molecule has 0 aromatic heterocycles. The van der Waals surface area contributed by atoms with E-state index in [9.17, 15) is 0 Å². The van der Waals surface area contributed by atoms with Crippen LogP contribution in [0.4, 0.5) is 0 Å². The Labute approximate surface area is 127 Å². The number of benzene rings is 2. The molecule has 2 atom stereocenters. The smallest absolute Gasteiger partial charge is 0.127 e. The van der Waals surface area contributed by atoms with Gasteiger partial charge >= 0.3 is 0 Å². The maximum Gasteiger partial charge on any atom is 0.127 e. The second kappa shape index (κ2) is 6.77. The fourth-order valence-electron chi connectivity index (χ4n) is 2.78. The van der Waals surface area contributed by atoms with Crippen LogP contribution in [0.1, 0.15) is 31.2 Å². The molecule has 1 N–H and O–H groups in total. The molecule has 1 saturated carbocycles. The lowest BCUT2D eigenvalue weighted by Crippen LogP contribution is -2.17. The van der Waals surface area contributed by atoms with Crippen LogP contribution in [0.15, 0.2) is 54.6 Å². The molecular weight excluding hydrogens is 258 g/mol. The number of nitrogens with one attached hydrogen (secondary N) is 1. The fraction of sp³-hybridized carbons (Fsp3) is 0.368. The first-order chi connectivity index (χ1) is 10.4. The predicted octanol–water partition coefficient (Wildman–Crippen LogP) is 4.58. The molecule has 0 heterocycles. The summed E-state index contributed by atoms with van der Waals surface area (Å²) in [5, 5.41) is 3.52. The molecular formula is C19H23NO. The van der Waals surface area contributed by atoms with E-state index in [0.29, 0.717) is 5.92 Å². The van der Waals surface area contributed by atoms with Gasteiger partial charge in [-0.25, -0.2) is 0 Å². The first-order valence-electron chi connectivity index (χ1n) is 7.90. The van der Waals surface area contributed by atoms with Crippen LogP contribution in [-0.2, 0) is 0 Å². The molecule has 0 saturated heterocycles. The minimum absolute atomic E-state index is 0.702. The first-order valence-corrected chi connectivity index (χ1v) is 7.90. The van der Waals surface area contributed by atoms with Crippen molar-refractivity contribution >= 4 is 0 Å². The van der Waals surface area contributed by atoms with Gasteiger partial charge < -0.3 is 10.1 Å². The molecule has 1 fully saturated rings. The Hall–Kier alpha value is -1.80. The van der Waals surface area contributed by atoms with Crippen molar-refractivity contribution in [1.82, 2.24) is 5.32 Å². The highest BCUT2D eigenvalue weighted by Gasteiger charge is 2.37. The van der Waals surface area contributed by atoms with Gasteiger partial charge in [-0.3, -0.25) is 0 Å². The van der Waals surface area contributed by atoms with Crippen LogP contribution in [0.25, 0.3) is 0 Å². The third-order valence-electron chi connectivity index (χ3n) is 4.02. The van der Waals surface area contributed by atoms with Gasteiger partial charge in [0.05, 0.1) is 0 Å². The maximum atomic E-state index is 5.92. The molecule has 2 unspecified atom stereocenters. The van der Waals surface area contributed by atoms with Crippen molar-refractivity contribution < 1.29 is 4.74 Å². The Morgan fingerprint density at radius 3 is 2.67 bits per heavy atom. The molecule has 2 aromatic rings. The van der Waals surface area contributed by atoms with Crippen LogP contribution in [0.5, 0.6) is 11.5 Å². The Morgan fingerprint density at radius 2 is 1.86 bits per heavy atom. The first kappa shape index (κ1) is 14.2. The lowest BCUT2D eigenvalue weighted by atomic mass is 10.1. The zero-order valence-electron chi connectivity index (χ0n) is 12.6. The van der Waals surface area contributed by atoms with Crippen LogP contribution in [-0.4, -0.2) is 13.1 Å². The van der Waals surface area contributed by atoms with Crippen molar-refractivity contribution in [1.29, 1.82) is 0 Å². The van der Waals surface area contributed by atoms with Gasteiger partial charge in [0.1, 0.15) is 11.5 Å². The molecule has 3 rings (SSSR count). The third kappa shape index (κ3) is 3.85. The molecule has 110 valence electrons. The third-order valence-corrected chi connectivity index (χ3v) is 4.02. The van der Waals surface area contributed by atoms with Gasteiger partial charge in [-0.15, -0.1) is 0 Å². The molecule has 0 aliphatic heterocycles.